The summed E-state index contributed by atoms with van der Waals surface area (Å²) in [5, 5.41) is 32.0. The molecule has 0 unspecified atom stereocenters. The summed E-state index contributed by atoms with van der Waals surface area (Å²) in [5.41, 5.74) is 2.11. The summed E-state index contributed by atoms with van der Waals surface area (Å²) in [6.45, 7) is 1.89. The van der Waals surface area contributed by atoms with Crippen molar-refractivity contribution in [1.82, 2.24) is 4.98 Å². The Morgan fingerprint density at radius 3 is 2.60 bits per heavy atom. The molecule has 0 atom stereocenters. The van der Waals surface area contributed by atoms with Gasteiger partial charge in [-0.15, -0.1) is 0 Å². The van der Waals surface area contributed by atoms with Gasteiger partial charge in [0.15, 0.2) is 0 Å². The van der Waals surface area contributed by atoms with Crippen molar-refractivity contribution < 1.29 is 15.4 Å². The minimum Gasteiger partial charge on any atom is -0.508 e. The number of nitrogens with zero attached hydrogens (tertiary/aromatic N) is 2. The van der Waals surface area contributed by atoms with E-state index in [4.69, 9.17) is 0 Å². The Labute approximate surface area is 116 Å². The molecule has 0 saturated heterocycles. The highest BCUT2D eigenvalue weighted by molar-refractivity contribution is 6.03. The molecule has 104 valence electrons. The molecule has 1 aromatic carbocycles. The van der Waals surface area contributed by atoms with Crippen LogP contribution in [-0.2, 0) is 12.8 Å². The molecule has 20 heavy (non-hydrogen) atoms. The number of benzene rings is 1. The van der Waals surface area contributed by atoms with Crippen LogP contribution in [0.1, 0.15) is 23.7 Å². The van der Waals surface area contributed by atoms with Gasteiger partial charge in [-0.25, -0.2) is 0 Å². The van der Waals surface area contributed by atoms with E-state index in [2.05, 4.69) is 10.1 Å². The van der Waals surface area contributed by atoms with Gasteiger partial charge in [0, 0.05) is 29.9 Å². The predicted octanol–water partition coefficient (Wildman–Crippen LogP) is 2.48. The number of aryl methyl sites for hydroxylation is 1. The van der Waals surface area contributed by atoms with Crippen molar-refractivity contribution in [2.45, 2.75) is 19.8 Å². The maximum atomic E-state index is 9.92. The summed E-state index contributed by atoms with van der Waals surface area (Å²) in [5.74, 6) is -0.0905. The highest BCUT2D eigenvalue weighted by atomic mass is 16.4. The number of rotatable bonds is 4. The lowest BCUT2D eigenvalue weighted by molar-refractivity contribution is 0.318. The zero-order valence-corrected chi connectivity index (χ0v) is 11.1. The zero-order valence-electron chi connectivity index (χ0n) is 11.1. The molecule has 1 heterocycles. The van der Waals surface area contributed by atoms with E-state index >= 15 is 0 Å². The molecular formula is C15H16N2O3. The molecule has 5 nitrogen and oxygen atoms in total. The van der Waals surface area contributed by atoms with E-state index in [9.17, 15) is 15.4 Å². The smallest absolute Gasteiger partial charge is 0.128 e. The number of phenols is 2. The molecule has 0 aliphatic heterocycles. The van der Waals surface area contributed by atoms with Gasteiger partial charge in [0.05, 0.1) is 5.71 Å². The Hall–Kier alpha value is -2.56. The molecule has 0 bridgehead atoms. The van der Waals surface area contributed by atoms with Gasteiger partial charge in [-0.1, -0.05) is 18.1 Å². The number of pyridine rings is 1. The topological polar surface area (TPSA) is 85.9 Å². The largest absolute Gasteiger partial charge is 0.508 e. The quantitative estimate of drug-likeness (QED) is 0.453. The summed E-state index contributed by atoms with van der Waals surface area (Å²) < 4.78 is 0. The summed E-state index contributed by atoms with van der Waals surface area (Å²) in [7, 11) is 0. The second-order valence-corrected chi connectivity index (χ2v) is 4.40. The van der Waals surface area contributed by atoms with Crippen molar-refractivity contribution >= 4 is 5.71 Å². The summed E-state index contributed by atoms with van der Waals surface area (Å²) >= 11 is 0. The monoisotopic (exact) mass is 272 g/mol. The molecule has 0 aliphatic carbocycles. The van der Waals surface area contributed by atoms with Crippen molar-refractivity contribution in [3.05, 3.63) is 53.3 Å². The molecule has 5 heteroatoms. The van der Waals surface area contributed by atoms with E-state index in [0.717, 1.165) is 5.69 Å². The average Bonchev–Trinajstić information content (AvgIpc) is 2.46. The Kier molecular flexibility index (Phi) is 4.20. The van der Waals surface area contributed by atoms with Crippen LogP contribution >= 0.6 is 0 Å². The number of aromatic nitrogens is 1. The SMILES string of the molecule is CCc1cc(/C(Cc2ccccn2)=N/O)c(O)cc1O. The summed E-state index contributed by atoms with van der Waals surface area (Å²) in [6.07, 6.45) is 2.55. The Balaban J connectivity index is 2.38. The molecule has 0 fully saturated rings. The fraction of sp³-hybridized carbons (Fsp3) is 0.200. The molecule has 2 aromatic rings. The van der Waals surface area contributed by atoms with Crippen molar-refractivity contribution in [1.29, 1.82) is 0 Å². The lowest BCUT2D eigenvalue weighted by atomic mass is 10.00. The lowest BCUT2D eigenvalue weighted by Crippen LogP contribution is -2.08. The first-order chi connectivity index (χ1) is 9.65. The van der Waals surface area contributed by atoms with Crippen LogP contribution in [0.4, 0.5) is 0 Å². The van der Waals surface area contributed by atoms with Crippen LogP contribution in [0.3, 0.4) is 0 Å². The molecule has 0 aliphatic rings. The van der Waals surface area contributed by atoms with Crippen LogP contribution in [0.15, 0.2) is 41.7 Å². The molecule has 2 rings (SSSR count). The van der Waals surface area contributed by atoms with Gasteiger partial charge in [-0.2, -0.15) is 0 Å². The Morgan fingerprint density at radius 1 is 1.20 bits per heavy atom. The minimum absolute atomic E-state index is 0.0314. The zero-order chi connectivity index (χ0) is 14.5. The second kappa shape index (κ2) is 6.06. The van der Waals surface area contributed by atoms with Crippen molar-refractivity contribution in [3.63, 3.8) is 0 Å². The first kappa shape index (κ1) is 13.9. The minimum atomic E-state index is -0.122. The number of hydrogen-bond donors (Lipinski definition) is 3. The van der Waals surface area contributed by atoms with Crippen LogP contribution in [-0.4, -0.2) is 26.1 Å². The van der Waals surface area contributed by atoms with Crippen LogP contribution in [0.2, 0.25) is 0 Å². The number of hydrogen-bond acceptors (Lipinski definition) is 5. The first-order valence-electron chi connectivity index (χ1n) is 6.31. The Morgan fingerprint density at radius 2 is 2.00 bits per heavy atom. The van der Waals surface area contributed by atoms with E-state index in [1.54, 1.807) is 18.3 Å². The van der Waals surface area contributed by atoms with Gasteiger partial charge in [-0.05, 0) is 30.2 Å². The van der Waals surface area contributed by atoms with Crippen molar-refractivity contribution in [3.8, 4) is 11.5 Å². The van der Waals surface area contributed by atoms with E-state index in [1.807, 2.05) is 19.1 Å². The first-order valence-corrected chi connectivity index (χ1v) is 6.31. The third-order valence-electron chi connectivity index (χ3n) is 3.08. The Bertz CT molecular complexity index is 625. The van der Waals surface area contributed by atoms with Crippen LogP contribution in [0, 0.1) is 0 Å². The molecular weight excluding hydrogens is 256 g/mol. The van der Waals surface area contributed by atoms with Crippen LogP contribution in [0.25, 0.3) is 0 Å². The van der Waals surface area contributed by atoms with Crippen molar-refractivity contribution in [2.24, 2.45) is 5.16 Å². The highest BCUT2D eigenvalue weighted by Gasteiger charge is 2.14. The van der Waals surface area contributed by atoms with Crippen LogP contribution < -0.4 is 0 Å². The van der Waals surface area contributed by atoms with Gasteiger partial charge in [0.2, 0.25) is 0 Å². The van der Waals surface area contributed by atoms with Gasteiger partial charge in [0.1, 0.15) is 11.5 Å². The standard InChI is InChI=1S/C15H16N2O3/c1-2-10-7-12(15(19)9-14(10)18)13(17-20)8-11-5-3-4-6-16-11/h3-7,9,18-20H,2,8H2,1H3/b17-13+. The van der Waals surface area contributed by atoms with Crippen molar-refractivity contribution in [2.75, 3.05) is 0 Å². The lowest BCUT2D eigenvalue weighted by Gasteiger charge is -2.10. The third kappa shape index (κ3) is 2.88. The molecule has 1 aromatic heterocycles. The van der Waals surface area contributed by atoms with E-state index in [-0.39, 0.29) is 11.5 Å². The summed E-state index contributed by atoms with van der Waals surface area (Å²) in [4.78, 5) is 4.16. The van der Waals surface area contributed by atoms with Gasteiger partial charge >= 0.3 is 0 Å². The van der Waals surface area contributed by atoms with E-state index in [1.165, 1.54) is 6.07 Å². The third-order valence-corrected chi connectivity index (χ3v) is 3.08. The number of phenolic OH excluding ortho intramolecular Hbond substituents is 2. The molecule has 0 saturated carbocycles. The fourth-order valence-corrected chi connectivity index (χ4v) is 2.00. The van der Waals surface area contributed by atoms with Gasteiger partial charge < -0.3 is 15.4 Å². The average molecular weight is 272 g/mol. The highest BCUT2D eigenvalue weighted by Crippen LogP contribution is 2.28. The summed E-state index contributed by atoms with van der Waals surface area (Å²) in [6, 6.07) is 8.34. The van der Waals surface area contributed by atoms with E-state index < -0.39 is 0 Å². The molecule has 0 amide bonds. The van der Waals surface area contributed by atoms with Crippen LogP contribution in [0.5, 0.6) is 11.5 Å². The number of oxime groups is 1. The molecule has 0 spiro atoms. The molecule has 0 radical (unpaired) electrons. The maximum absolute atomic E-state index is 9.92. The number of aromatic hydroxyl groups is 2. The maximum Gasteiger partial charge on any atom is 0.128 e. The van der Waals surface area contributed by atoms with Gasteiger partial charge in [-0.3, -0.25) is 4.98 Å². The van der Waals surface area contributed by atoms with E-state index in [0.29, 0.717) is 29.7 Å². The normalized spacial score (nSPS) is 11.6. The molecule has 3 N–H and O–H groups in total. The predicted molar refractivity (Wildman–Crippen MR) is 75.4 cm³/mol. The second-order valence-electron chi connectivity index (χ2n) is 4.40. The van der Waals surface area contributed by atoms with Gasteiger partial charge in [0.25, 0.3) is 0 Å². The fourth-order valence-electron chi connectivity index (χ4n) is 2.00.